The number of aryl methyl sites for hydroxylation is 1. The van der Waals surface area contributed by atoms with E-state index in [1.165, 1.54) is 14.2 Å². The third-order valence-electron chi connectivity index (χ3n) is 6.86. The van der Waals surface area contributed by atoms with Crippen LogP contribution in [0.1, 0.15) is 32.6 Å². The molecule has 2 heterocycles. The van der Waals surface area contributed by atoms with Gasteiger partial charge in [-0.05, 0) is 54.5 Å². The highest BCUT2D eigenvalue weighted by Crippen LogP contribution is 2.46. The predicted octanol–water partition coefficient (Wildman–Crippen LogP) is 5.01. The Hall–Kier alpha value is -4.37. The van der Waals surface area contributed by atoms with E-state index in [2.05, 4.69) is 4.90 Å². The molecule has 0 aromatic heterocycles. The van der Waals surface area contributed by atoms with Crippen LogP contribution in [-0.2, 0) is 13.1 Å². The molecule has 0 N–H and O–H groups in total. The second-order valence-corrected chi connectivity index (χ2v) is 9.19. The van der Waals surface area contributed by atoms with E-state index < -0.39 is 0 Å². The number of ether oxygens (including phenoxy) is 7. The van der Waals surface area contributed by atoms with Crippen LogP contribution in [-0.4, -0.2) is 53.0 Å². The molecule has 5 rings (SSSR count). The summed E-state index contributed by atoms with van der Waals surface area (Å²) in [6, 6.07) is 11.3. The number of ketones is 1. The lowest BCUT2D eigenvalue weighted by atomic mass is 9.98. The number of Topliss-reactive ketones (excluding diaryl/α,β-unsaturated/α-hetero) is 1. The Kier molecular flexibility index (Phi) is 7.26. The highest BCUT2D eigenvalue weighted by Gasteiger charge is 2.36. The molecule has 3 aromatic carbocycles. The fourth-order valence-electron chi connectivity index (χ4n) is 4.99. The Bertz CT molecular complexity index is 1460. The number of methoxy groups -OCH3 is 5. The first-order valence-electron chi connectivity index (χ1n) is 12.4. The summed E-state index contributed by atoms with van der Waals surface area (Å²) in [5.74, 6) is 3.99. The Balaban J connectivity index is 1.46. The van der Waals surface area contributed by atoms with Gasteiger partial charge >= 0.3 is 0 Å². The van der Waals surface area contributed by atoms with Gasteiger partial charge in [-0.3, -0.25) is 9.69 Å². The molecule has 204 valence electrons. The molecule has 0 aliphatic carbocycles. The molecule has 0 saturated carbocycles. The third kappa shape index (κ3) is 4.70. The van der Waals surface area contributed by atoms with Crippen molar-refractivity contribution in [3.8, 4) is 40.2 Å². The molecule has 0 radical (unpaired) electrons. The Morgan fingerprint density at radius 3 is 2.28 bits per heavy atom. The number of hydrogen-bond acceptors (Lipinski definition) is 9. The zero-order chi connectivity index (χ0) is 27.7. The number of allylic oxidation sites excluding steroid dienone is 1. The van der Waals surface area contributed by atoms with E-state index in [0.717, 1.165) is 16.7 Å². The number of hydrogen-bond donors (Lipinski definition) is 0. The fourth-order valence-corrected chi connectivity index (χ4v) is 4.99. The van der Waals surface area contributed by atoms with Crippen LogP contribution in [0.5, 0.6) is 40.2 Å². The number of carbonyl (C=O) groups excluding carboxylic acids is 1. The Labute approximate surface area is 227 Å². The molecule has 0 atom stereocenters. The summed E-state index contributed by atoms with van der Waals surface area (Å²) in [5, 5.41) is 0. The van der Waals surface area contributed by atoms with Gasteiger partial charge in [0.25, 0.3) is 0 Å². The van der Waals surface area contributed by atoms with Crippen molar-refractivity contribution in [3.05, 3.63) is 70.0 Å². The quantitative estimate of drug-likeness (QED) is 0.371. The molecular formula is C30H31NO8. The van der Waals surface area contributed by atoms with Crippen LogP contribution in [0.25, 0.3) is 6.08 Å². The first-order valence-corrected chi connectivity index (χ1v) is 12.4. The Morgan fingerprint density at radius 1 is 0.872 bits per heavy atom. The van der Waals surface area contributed by atoms with Gasteiger partial charge in [-0.2, -0.15) is 0 Å². The van der Waals surface area contributed by atoms with Gasteiger partial charge in [0.15, 0.2) is 28.8 Å². The van der Waals surface area contributed by atoms with Crippen molar-refractivity contribution >= 4 is 11.9 Å². The maximum atomic E-state index is 13.5. The molecule has 39 heavy (non-hydrogen) atoms. The van der Waals surface area contributed by atoms with Crippen LogP contribution >= 0.6 is 0 Å². The van der Waals surface area contributed by atoms with E-state index in [0.29, 0.717) is 71.2 Å². The van der Waals surface area contributed by atoms with Gasteiger partial charge in [0.05, 0.1) is 46.7 Å². The van der Waals surface area contributed by atoms with Crippen molar-refractivity contribution in [3.63, 3.8) is 0 Å². The van der Waals surface area contributed by atoms with Crippen molar-refractivity contribution in [1.82, 2.24) is 4.90 Å². The minimum atomic E-state index is -0.195. The smallest absolute Gasteiger partial charge is 0.232 e. The molecule has 0 spiro atoms. The maximum absolute atomic E-state index is 13.5. The molecule has 9 nitrogen and oxygen atoms in total. The van der Waals surface area contributed by atoms with Crippen LogP contribution in [0.15, 0.2) is 42.2 Å². The van der Waals surface area contributed by atoms with Crippen molar-refractivity contribution in [2.24, 2.45) is 0 Å². The van der Waals surface area contributed by atoms with Crippen LogP contribution < -0.4 is 33.2 Å². The molecule has 2 aliphatic rings. The van der Waals surface area contributed by atoms with Crippen LogP contribution in [0, 0.1) is 6.92 Å². The van der Waals surface area contributed by atoms with Gasteiger partial charge in [-0.15, -0.1) is 0 Å². The van der Waals surface area contributed by atoms with E-state index in [1.54, 1.807) is 39.5 Å². The number of fused-ring (bicyclic) bond motifs is 3. The zero-order valence-corrected chi connectivity index (χ0v) is 22.9. The molecule has 3 aromatic rings. The monoisotopic (exact) mass is 533 g/mol. The summed E-state index contributed by atoms with van der Waals surface area (Å²) in [4.78, 5) is 15.6. The minimum Gasteiger partial charge on any atom is -0.493 e. The fraction of sp³-hybridized carbons (Fsp3) is 0.300. The summed E-state index contributed by atoms with van der Waals surface area (Å²) < 4.78 is 39.6. The molecule has 9 heteroatoms. The number of rotatable bonds is 8. The molecule has 0 unspecified atom stereocenters. The van der Waals surface area contributed by atoms with E-state index in [9.17, 15) is 4.79 Å². The van der Waals surface area contributed by atoms with Crippen LogP contribution in [0.2, 0.25) is 0 Å². The summed E-state index contributed by atoms with van der Waals surface area (Å²) in [5.41, 5.74) is 3.84. The topological polar surface area (TPSA) is 84.9 Å². The average molecular weight is 534 g/mol. The molecule has 0 bridgehead atoms. The molecule has 2 aliphatic heterocycles. The van der Waals surface area contributed by atoms with Gasteiger partial charge in [-0.1, -0.05) is 6.07 Å². The first kappa shape index (κ1) is 26.2. The lowest BCUT2D eigenvalue weighted by molar-refractivity contribution is 0.0871. The number of benzene rings is 3. The molecule has 0 fully saturated rings. The first-order chi connectivity index (χ1) is 18.9. The predicted molar refractivity (Wildman–Crippen MR) is 145 cm³/mol. The Morgan fingerprint density at radius 2 is 1.59 bits per heavy atom. The van der Waals surface area contributed by atoms with Crippen molar-refractivity contribution < 1.29 is 38.0 Å². The molecule has 0 amide bonds. The number of carbonyl (C=O) groups is 1. The van der Waals surface area contributed by atoms with Crippen molar-refractivity contribution in [2.45, 2.75) is 20.0 Å². The van der Waals surface area contributed by atoms with Gasteiger partial charge in [-0.25, -0.2) is 0 Å². The van der Waals surface area contributed by atoms with Gasteiger partial charge in [0.1, 0.15) is 18.2 Å². The van der Waals surface area contributed by atoms with Crippen LogP contribution in [0.4, 0.5) is 0 Å². The van der Waals surface area contributed by atoms with Crippen molar-refractivity contribution in [1.29, 1.82) is 0 Å². The lowest BCUT2D eigenvalue weighted by Crippen LogP contribution is -2.31. The highest BCUT2D eigenvalue weighted by atomic mass is 16.5. The average Bonchev–Trinajstić information content (AvgIpc) is 3.29. The SMILES string of the molecule is COc1ccc(CN2COc3cc(C)c4c(c3C2)O/C(=C\c2ccc(OC)c(OC)c2OC)C4=O)cc1OC. The summed E-state index contributed by atoms with van der Waals surface area (Å²) in [6.45, 7) is 3.45. The number of nitrogens with zero attached hydrogens (tertiary/aromatic N) is 1. The molecule has 0 saturated heterocycles. The van der Waals surface area contributed by atoms with Gasteiger partial charge < -0.3 is 33.2 Å². The third-order valence-corrected chi connectivity index (χ3v) is 6.86. The standard InChI is InChI=1S/C30H31NO8/c1-17-11-23-20(15-31(16-38-23)14-18-7-9-21(33-2)24(12-18)35-4)29-26(17)27(32)25(39-29)13-19-8-10-22(34-3)30(37-6)28(19)36-5/h7-13H,14-16H2,1-6H3/b25-13-. The van der Waals surface area contributed by atoms with Crippen molar-refractivity contribution in [2.75, 3.05) is 42.3 Å². The van der Waals surface area contributed by atoms with E-state index >= 15 is 0 Å². The summed E-state index contributed by atoms with van der Waals surface area (Å²) >= 11 is 0. The molecular weight excluding hydrogens is 502 g/mol. The van der Waals surface area contributed by atoms with E-state index in [1.807, 2.05) is 31.2 Å². The normalized spacial score (nSPS) is 15.2. The second kappa shape index (κ2) is 10.8. The zero-order valence-electron chi connectivity index (χ0n) is 22.9. The van der Waals surface area contributed by atoms with E-state index in [-0.39, 0.29) is 11.5 Å². The van der Waals surface area contributed by atoms with Crippen LogP contribution in [0.3, 0.4) is 0 Å². The lowest BCUT2D eigenvalue weighted by Gasteiger charge is -2.30. The summed E-state index contributed by atoms with van der Waals surface area (Å²) in [7, 11) is 7.85. The maximum Gasteiger partial charge on any atom is 0.232 e. The largest absolute Gasteiger partial charge is 0.493 e. The minimum absolute atomic E-state index is 0.195. The highest BCUT2D eigenvalue weighted by molar-refractivity contribution is 6.16. The van der Waals surface area contributed by atoms with E-state index in [4.69, 9.17) is 33.2 Å². The van der Waals surface area contributed by atoms with Gasteiger partial charge in [0, 0.05) is 18.7 Å². The van der Waals surface area contributed by atoms with Gasteiger partial charge in [0.2, 0.25) is 11.5 Å². The second-order valence-electron chi connectivity index (χ2n) is 9.19. The summed E-state index contributed by atoms with van der Waals surface area (Å²) in [6.07, 6.45) is 1.67.